The maximum Gasteiger partial charge on any atom is 0.253 e. The van der Waals surface area contributed by atoms with Crippen molar-refractivity contribution >= 4 is 34.8 Å². The van der Waals surface area contributed by atoms with Crippen LogP contribution in [0.3, 0.4) is 0 Å². The highest BCUT2D eigenvalue weighted by Crippen LogP contribution is 2.40. The summed E-state index contributed by atoms with van der Waals surface area (Å²) in [6.07, 6.45) is 2.64. The summed E-state index contributed by atoms with van der Waals surface area (Å²) in [5.41, 5.74) is 1.92. The smallest absolute Gasteiger partial charge is 0.253 e. The molecule has 1 fully saturated rings. The van der Waals surface area contributed by atoms with Crippen molar-refractivity contribution in [3.05, 3.63) is 53.8 Å². The lowest BCUT2D eigenvalue weighted by Gasteiger charge is -2.45. The minimum atomic E-state index is -0.540. The Morgan fingerprint density at radius 2 is 1.85 bits per heavy atom. The minimum absolute atomic E-state index is 0.0666. The SMILES string of the molecule is CCN(CC)C(=O)c1ccc2c(c1)N(CC(=O)Nc1ccccc1F)C(=O)[C@H]1CCCCN21. The summed E-state index contributed by atoms with van der Waals surface area (Å²) in [6, 6.07) is 10.9. The van der Waals surface area contributed by atoms with E-state index < -0.39 is 11.7 Å². The van der Waals surface area contributed by atoms with Crippen LogP contribution in [0.25, 0.3) is 0 Å². The first-order valence-corrected chi connectivity index (χ1v) is 11.5. The molecule has 7 nitrogen and oxygen atoms in total. The summed E-state index contributed by atoms with van der Waals surface area (Å²) >= 11 is 0. The number of nitrogens with one attached hydrogen (secondary N) is 1. The number of amides is 3. The number of halogens is 1. The fraction of sp³-hybridized carbons (Fsp3) is 0.400. The van der Waals surface area contributed by atoms with Crippen molar-refractivity contribution in [1.29, 1.82) is 0 Å². The topological polar surface area (TPSA) is 73.0 Å². The number of para-hydroxylation sites is 1. The Bertz CT molecular complexity index is 1070. The van der Waals surface area contributed by atoms with Crippen LogP contribution >= 0.6 is 0 Å². The Morgan fingerprint density at radius 1 is 1.09 bits per heavy atom. The molecule has 0 aromatic heterocycles. The zero-order chi connectivity index (χ0) is 23.5. The number of carbonyl (C=O) groups is 3. The van der Waals surface area contributed by atoms with Crippen molar-refractivity contribution in [2.45, 2.75) is 39.2 Å². The van der Waals surface area contributed by atoms with Crippen LogP contribution in [0.4, 0.5) is 21.5 Å². The molecule has 3 amide bonds. The minimum Gasteiger partial charge on any atom is -0.358 e. The highest BCUT2D eigenvalue weighted by atomic mass is 19.1. The molecule has 2 aromatic carbocycles. The number of anilines is 3. The molecule has 2 aliphatic heterocycles. The first kappa shape index (κ1) is 22.8. The van der Waals surface area contributed by atoms with Crippen LogP contribution in [0.1, 0.15) is 43.5 Å². The van der Waals surface area contributed by atoms with Gasteiger partial charge in [0.05, 0.1) is 17.1 Å². The first-order chi connectivity index (χ1) is 15.9. The van der Waals surface area contributed by atoms with Crippen molar-refractivity contribution in [3.8, 4) is 0 Å². The number of nitrogens with zero attached hydrogens (tertiary/aromatic N) is 3. The Labute approximate surface area is 193 Å². The van der Waals surface area contributed by atoms with Crippen LogP contribution in [-0.2, 0) is 9.59 Å². The Hall–Kier alpha value is -3.42. The molecular formula is C25H29FN4O3. The predicted molar refractivity (Wildman–Crippen MR) is 126 cm³/mol. The van der Waals surface area contributed by atoms with E-state index in [0.29, 0.717) is 30.8 Å². The summed E-state index contributed by atoms with van der Waals surface area (Å²) in [5, 5.41) is 2.56. The molecule has 0 aliphatic carbocycles. The maximum absolute atomic E-state index is 14.0. The average molecular weight is 453 g/mol. The number of piperidine rings is 1. The fourth-order valence-electron chi connectivity index (χ4n) is 4.64. The molecule has 0 radical (unpaired) electrons. The van der Waals surface area contributed by atoms with Crippen LogP contribution < -0.4 is 15.1 Å². The van der Waals surface area contributed by atoms with Crippen molar-refractivity contribution < 1.29 is 18.8 Å². The van der Waals surface area contributed by atoms with Gasteiger partial charge in [-0.05, 0) is 63.4 Å². The Kier molecular flexibility index (Phi) is 6.62. The molecule has 2 aromatic rings. The van der Waals surface area contributed by atoms with Crippen molar-refractivity contribution in [2.75, 3.05) is 41.3 Å². The molecule has 4 rings (SSSR count). The molecule has 1 saturated heterocycles. The van der Waals surface area contributed by atoms with Crippen LogP contribution in [-0.4, -0.2) is 54.8 Å². The van der Waals surface area contributed by atoms with Crippen LogP contribution in [0.5, 0.6) is 0 Å². The summed E-state index contributed by atoms with van der Waals surface area (Å²) < 4.78 is 14.0. The van der Waals surface area contributed by atoms with Gasteiger partial charge in [-0.2, -0.15) is 0 Å². The second-order valence-electron chi connectivity index (χ2n) is 8.34. The lowest BCUT2D eigenvalue weighted by Crippen LogP contribution is -2.56. The fourth-order valence-corrected chi connectivity index (χ4v) is 4.64. The Balaban J connectivity index is 1.68. The van der Waals surface area contributed by atoms with Crippen molar-refractivity contribution in [1.82, 2.24) is 4.90 Å². The molecule has 8 heteroatoms. The van der Waals surface area contributed by atoms with Crippen LogP contribution in [0.2, 0.25) is 0 Å². The second-order valence-corrected chi connectivity index (χ2v) is 8.34. The monoisotopic (exact) mass is 452 g/mol. The van der Waals surface area contributed by atoms with Gasteiger partial charge in [0.2, 0.25) is 11.8 Å². The summed E-state index contributed by atoms with van der Waals surface area (Å²) in [4.78, 5) is 44.4. The summed E-state index contributed by atoms with van der Waals surface area (Å²) in [6.45, 7) is 5.49. The van der Waals surface area contributed by atoms with Crippen molar-refractivity contribution in [2.24, 2.45) is 0 Å². The molecule has 1 N–H and O–H groups in total. The van der Waals surface area contributed by atoms with E-state index in [1.54, 1.807) is 29.2 Å². The predicted octanol–water partition coefficient (Wildman–Crippen LogP) is 3.65. The molecule has 0 bridgehead atoms. The molecule has 0 unspecified atom stereocenters. The lowest BCUT2D eigenvalue weighted by atomic mass is 9.95. The van der Waals surface area contributed by atoms with E-state index in [0.717, 1.165) is 25.1 Å². The van der Waals surface area contributed by atoms with Gasteiger partial charge in [-0.15, -0.1) is 0 Å². The van der Waals surface area contributed by atoms with Gasteiger partial charge in [0.1, 0.15) is 18.4 Å². The van der Waals surface area contributed by atoms with Gasteiger partial charge in [0, 0.05) is 25.2 Å². The van der Waals surface area contributed by atoms with Gasteiger partial charge in [-0.1, -0.05) is 12.1 Å². The van der Waals surface area contributed by atoms with E-state index in [-0.39, 0.29) is 30.1 Å². The lowest BCUT2D eigenvalue weighted by molar-refractivity contribution is -0.123. The van der Waals surface area contributed by atoms with Gasteiger partial charge < -0.3 is 15.1 Å². The largest absolute Gasteiger partial charge is 0.358 e. The van der Waals surface area contributed by atoms with Crippen LogP contribution in [0.15, 0.2) is 42.5 Å². The zero-order valence-electron chi connectivity index (χ0n) is 19.0. The normalized spacial score (nSPS) is 17.3. The number of benzene rings is 2. The van der Waals surface area contributed by atoms with Gasteiger partial charge in [-0.3, -0.25) is 19.3 Å². The standard InChI is InChI=1S/C25H29FN4O3/c1-3-28(4-2)24(32)17-12-13-20-22(15-17)30(25(33)21-11-7-8-14-29(20)21)16-23(31)27-19-10-6-5-9-18(19)26/h5-6,9-10,12-13,15,21H,3-4,7-8,11,14,16H2,1-2H3,(H,27,31)/t21-/m1/s1. The third kappa shape index (κ3) is 4.42. The van der Waals surface area contributed by atoms with E-state index in [2.05, 4.69) is 10.2 Å². The molecule has 2 heterocycles. The van der Waals surface area contributed by atoms with Gasteiger partial charge in [0.15, 0.2) is 0 Å². The van der Waals surface area contributed by atoms with E-state index in [1.807, 2.05) is 19.9 Å². The number of fused-ring (bicyclic) bond motifs is 3. The number of rotatable bonds is 6. The highest BCUT2D eigenvalue weighted by Gasteiger charge is 2.40. The number of hydrogen-bond acceptors (Lipinski definition) is 4. The van der Waals surface area contributed by atoms with E-state index in [9.17, 15) is 18.8 Å². The average Bonchev–Trinajstić information content (AvgIpc) is 2.83. The van der Waals surface area contributed by atoms with E-state index in [4.69, 9.17) is 0 Å². The highest BCUT2D eigenvalue weighted by molar-refractivity contribution is 6.11. The molecule has 0 saturated carbocycles. The molecule has 33 heavy (non-hydrogen) atoms. The molecule has 174 valence electrons. The maximum atomic E-state index is 14.0. The summed E-state index contributed by atoms with van der Waals surface area (Å²) in [7, 11) is 0. The van der Waals surface area contributed by atoms with Gasteiger partial charge in [0.25, 0.3) is 5.91 Å². The third-order valence-corrected chi connectivity index (χ3v) is 6.38. The zero-order valence-corrected chi connectivity index (χ0v) is 19.0. The summed E-state index contributed by atoms with van der Waals surface area (Å²) in [5.74, 6) is -1.32. The van der Waals surface area contributed by atoms with Crippen molar-refractivity contribution in [3.63, 3.8) is 0 Å². The number of carbonyl (C=O) groups excluding carboxylic acids is 3. The molecule has 2 aliphatic rings. The molecule has 0 spiro atoms. The second kappa shape index (κ2) is 9.60. The quantitative estimate of drug-likeness (QED) is 0.726. The van der Waals surface area contributed by atoms with Gasteiger partial charge >= 0.3 is 0 Å². The first-order valence-electron chi connectivity index (χ1n) is 11.5. The van der Waals surface area contributed by atoms with E-state index >= 15 is 0 Å². The number of hydrogen-bond donors (Lipinski definition) is 1. The van der Waals surface area contributed by atoms with E-state index in [1.165, 1.54) is 17.0 Å². The molecule has 1 atom stereocenters. The third-order valence-electron chi connectivity index (χ3n) is 6.38. The Morgan fingerprint density at radius 3 is 2.58 bits per heavy atom. The van der Waals surface area contributed by atoms with Gasteiger partial charge in [-0.25, -0.2) is 4.39 Å². The molecular weight excluding hydrogens is 423 g/mol. The van der Waals surface area contributed by atoms with Crippen LogP contribution in [0, 0.1) is 5.82 Å².